The zero-order valence-electron chi connectivity index (χ0n) is 16.9. The molecule has 31 heavy (non-hydrogen) atoms. The van der Waals surface area contributed by atoms with E-state index in [1.54, 1.807) is 29.5 Å². The van der Waals surface area contributed by atoms with E-state index in [0.717, 1.165) is 28.8 Å². The van der Waals surface area contributed by atoms with Crippen molar-refractivity contribution in [2.24, 2.45) is 0 Å². The fourth-order valence-corrected chi connectivity index (χ4v) is 3.74. The SMILES string of the molecule is Nc1ccccc1NC(=O)/C=C/c1ccc(/C=C(/C(=O)NC2CC2)c2cccs2)cc1. The Balaban J connectivity index is 1.45. The van der Waals surface area contributed by atoms with Gasteiger partial charge in [-0.15, -0.1) is 11.3 Å². The minimum atomic E-state index is -0.251. The van der Waals surface area contributed by atoms with Gasteiger partial charge in [0.15, 0.2) is 0 Å². The first-order valence-electron chi connectivity index (χ1n) is 10.1. The smallest absolute Gasteiger partial charge is 0.252 e. The zero-order valence-corrected chi connectivity index (χ0v) is 17.7. The lowest BCUT2D eigenvalue weighted by atomic mass is 10.1. The molecule has 1 aliphatic rings. The third-order valence-electron chi connectivity index (χ3n) is 4.84. The molecule has 1 heterocycles. The average Bonchev–Trinajstić information content (AvgIpc) is 3.42. The molecule has 4 N–H and O–H groups in total. The zero-order chi connectivity index (χ0) is 21.6. The van der Waals surface area contributed by atoms with Crippen LogP contribution in [0.1, 0.15) is 28.8 Å². The first kappa shape index (κ1) is 20.6. The summed E-state index contributed by atoms with van der Waals surface area (Å²) in [5, 5.41) is 7.80. The maximum atomic E-state index is 12.7. The number of hydrogen-bond donors (Lipinski definition) is 3. The molecule has 0 bridgehead atoms. The van der Waals surface area contributed by atoms with Crippen molar-refractivity contribution in [2.75, 3.05) is 11.1 Å². The van der Waals surface area contributed by atoms with Crippen molar-refractivity contribution in [1.82, 2.24) is 5.32 Å². The topological polar surface area (TPSA) is 84.2 Å². The van der Waals surface area contributed by atoms with Gasteiger partial charge in [0.2, 0.25) is 5.91 Å². The van der Waals surface area contributed by atoms with Crippen molar-refractivity contribution in [3.63, 3.8) is 0 Å². The van der Waals surface area contributed by atoms with Gasteiger partial charge in [-0.2, -0.15) is 0 Å². The minimum Gasteiger partial charge on any atom is -0.397 e. The number of nitrogens with one attached hydrogen (secondary N) is 2. The molecule has 156 valence electrons. The van der Waals surface area contributed by atoms with E-state index in [0.29, 0.717) is 23.0 Å². The molecule has 1 fully saturated rings. The highest BCUT2D eigenvalue weighted by Gasteiger charge is 2.25. The number of carbonyl (C=O) groups excluding carboxylic acids is 2. The van der Waals surface area contributed by atoms with Gasteiger partial charge in [0.25, 0.3) is 5.91 Å². The largest absolute Gasteiger partial charge is 0.397 e. The number of thiophene rings is 1. The minimum absolute atomic E-state index is 0.0363. The number of rotatable bonds is 7. The van der Waals surface area contributed by atoms with Crippen LogP contribution in [-0.2, 0) is 9.59 Å². The lowest BCUT2D eigenvalue weighted by Crippen LogP contribution is -2.26. The van der Waals surface area contributed by atoms with Crippen molar-refractivity contribution in [1.29, 1.82) is 0 Å². The Morgan fingerprint density at radius 1 is 0.968 bits per heavy atom. The normalized spacial score (nSPS) is 13.9. The predicted octanol–water partition coefficient (Wildman–Crippen LogP) is 4.80. The molecule has 6 heteroatoms. The Bertz CT molecular complexity index is 1130. The van der Waals surface area contributed by atoms with E-state index < -0.39 is 0 Å². The van der Waals surface area contributed by atoms with E-state index in [9.17, 15) is 9.59 Å². The maximum Gasteiger partial charge on any atom is 0.252 e. The summed E-state index contributed by atoms with van der Waals surface area (Å²) in [5.41, 5.74) is 9.43. The summed E-state index contributed by atoms with van der Waals surface area (Å²) in [6.45, 7) is 0. The van der Waals surface area contributed by atoms with E-state index >= 15 is 0 Å². The fourth-order valence-electron chi connectivity index (χ4n) is 3.00. The van der Waals surface area contributed by atoms with E-state index in [2.05, 4.69) is 10.6 Å². The van der Waals surface area contributed by atoms with Crippen LogP contribution >= 0.6 is 11.3 Å². The van der Waals surface area contributed by atoms with E-state index in [4.69, 9.17) is 5.73 Å². The molecular weight excluding hydrogens is 406 g/mol. The van der Waals surface area contributed by atoms with Crippen molar-refractivity contribution in [2.45, 2.75) is 18.9 Å². The Labute approximate surface area is 185 Å². The summed E-state index contributed by atoms with van der Waals surface area (Å²) >= 11 is 1.55. The molecule has 0 aliphatic heterocycles. The number of nitrogen functional groups attached to an aromatic ring is 1. The van der Waals surface area contributed by atoms with E-state index in [1.165, 1.54) is 6.08 Å². The van der Waals surface area contributed by atoms with Crippen molar-refractivity contribution >= 4 is 52.3 Å². The third kappa shape index (κ3) is 5.71. The summed E-state index contributed by atoms with van der Waals surface area (Å²) in [6.07, 6.45) is 7.21. The van der Waals surface area contributed by atoms with Crippen LogP contribution in [0.5, 0.6) is 0 Å². The summed E-state index contributed by atoms with van der Waals surface area (Å²) in [4.78, 5) is 25.8. The highest BCUT2D eigenvalue weighted by Crippen LogP contribution is 2.26. The van der Waals surface area contributed by atoms with Gasteiger partial charge >= 0.3 is 0 Å². The van der Waals surface area contributed by atoms with E-state index in [-0.39, 0.29) is 11.8 Å². The van der Waals surface area contributed by atoms with Crippen LogP contribution in [0.25, 0.3) is 17.7 Å². The molecule has 5 nitrogen and oxygen atoms in total. The molecule has 2 aromatic carbocycles. The van der Waals surface area contributed by atoms with Gasteiger partial charge in [-0.25, -0.2) is 0 Å². The number of nitrogens with two attached hydrogens (primary N) is 1. The second-order valence-corrected chi connectivity index (χ2v) is 8.31. The van der Waals surface area contributed by atoms with Crippen LogP contribution in [0, 0.1) is 0 Å². The Kier molecular flexibility index (Phi) is 6.29. The molecule has 0 unspecified atom stereocenters. The van der Waals surface area contributed by atoms with Crippen LogP contribution in [0.2, 0.25) is 0 Å². The molecule has 0 atom stereocenters. The molecule has 1 aliphatic carbocycles. The Morgan fingerprint density at radius 2 is 1.71 bits per heavy atom. The van der Waals surface area contributed by atoms with Crippen molar-refractivity contribution < 1.29 is 9.59 Å². The highest BCUT2D eigenvalue weighted by atomic mass is 32.1. The van der Waals surface area contributed by atoms with Gasteiger partial charge in [-0.05, 0) is 59.7 Å². The second-order valence-electron chi connectivity index (χ2n) is 7.36. The first-order chi connectivity index (χ1) is 15.1. The number of hydrogen-bond acceptors (Lipinski definition) is 4. The lowest BCUT2D eigenvalue weighted by Gasteiger charge is -2.07. The molecule has 1 saturated carbocycles. The van der Waals surface area contributed by atoms with Gasteiger partial charge in [0.1, 0.15) is 0 Å². The summed E-state index contributed by atoms with van der Waals surface area (Å²) in [6, 6.07) is 19.0. The Morgan fingerprint density at radius 3 is 2.39 bits per heavy atom. The molecule has 4 rings (SSSR count). The maximum absolute atomic E-state index is 12.7. The molecule has 0 saturated heterocycles. The van der Waals surface area contributed by atoms with Crippen LogP contribution in [0.4, 0.5) is 11.4 Å². The van der Waals surface area contributed by atoms with Crippen molar-refractivity contribution in [3.05, 3.63) is 88.1 Å². The monoisotopic (exact) mass is 429 g/mol. The van der Waals surface area contributed by atoms with Crippen LogP contribution < -0.4 is 16.4 Å². The standard InChI is InChI=1S/C25H23N3O2S/c26-21-4-1-2-5-22(21)28-24(29)14-11-17-7-9-18(10-8-17)16-20(23-6-3-15-31-23)25(30)27-19-12-13-19/h1-11,14-16,19H,12-13,26H2,(H,27,30)(H,28,29)/b14-11+,20-16+. The number of benzene rings is 2. The predicted molar refractivity (Wildman–Crippen MR) is 128 cm³/mol. The quantitative estimate of drug-likeness (QED) is 0.373. The lowest BCUT2D eigenvalue weighted by molar-refractivity contribution is -0.115. The summed E-state index contributed by atoms with van der Waals surface area (Å²) < 4.78 is 0. The number of para-hydroxylation sites is 2. The molecular formula is C25H23N3O2S. The van der Waals surface area contributed by atoms with Crippen LogP contribution in [0.15, 0.2) is 72.1 Å². The number of anilines is 2. The second kappa shape index (κ2) is 9.45. The van der Waals surface area contributed by atoms with Crippen molar-refractivity contribution in [3.8, 4) is 0 Å². The fraction of sp³-hybridized carbons (Fsp3) is 0.120. The summed E-state index contributed by atoms with van der Waals surface area (Å²) in [7, 11) is 0. The van der Waals surface area contributed by atoms with Gasteiger partial charge < -0.3 is 16.4 Å². The average molecular weight is 430 g/mol. The first-order valence-corrected chi connectivity index (χ1v) is 11.0. The molecule has 0 spiro atoms. The Hall–Kier alpha value is -3.64. The highest BCUT2D eigenvalue weighted by molar-refractivity contribution is 7.11. The number of amides is 2. The van der Waals surface area contributed by atoms with Crippen LogP contribution in [-0.4, -0.2) is 17.9 Å². The van der Waals surface area contributed by atoms with Gasteiger partial charge in [-0.1, -0.05) is 42.5 Å². The third-order valence-corrected chi connectivity index (χ3v) is 5.74. The van der Waals surface area contributed by atoms with Gasteiger partial charge in [0.05, 0.1) is 16.9 Å². The molecule has 0 radical (unpaired) electrons. The van der Waals surface area contributed by atoms with Gasteiger partial charge in [-0.3, -0.25) is 9.59 Å². The van der Waals surface area contributed by atoms with Gasteiger partial charge in [0, 0.05) is 17.0 Å². The van der Waals surface area contributed by atoms with Crippen LogP contribution in [0.3, 0.4) is 0 Å². The van der Waals surface area contributed by atoms with E-state index in [1.807, 2.05) is 60.0 Å². The number of carbonyl (C=O) groups is 2. The summed E-state index contributed by atoms with van der Waals surface area (Å²) in [5.74, 6) is -0.288. The molecule has 3 aromatic rings. The molecule has 1 aromatic heterocycles. The molecule has 2 amide bonds.